The molecule has 0 fully saturated rings. The van der Waals surface area contributed by atoms with Gasteiger partial charge in [0.2, 0.25) is 5.91 Å². The molecule has 0 saturated heterocycles. The van der Waals surface area contributed by atoms with Gasteiger partial charge in [0.05, 0.1) is 18.7 Å². The number of aliphatic carboxylic acids is 1. The molecule has 1 amide bonds. The van der Waals surface area contributed by atoms with E-state index in [4.69, 9.17) is 4.74 Å². The minimum absolute atomic E-state index is 0.314. The number of methoxy groups -OCH3 is 1. The van der Waals surface area contributed by atoms with Gasteiger partial charge >= 0.3 is 0 Å². The topological polar surface area (TPSA) is 78.5 Å². The fraction of sp³-hybridized carbons (Fsp3) is 0.412. The summed E-state index contributed by atoms with van der Waals surface area (Å²) in [5, 5.41) is 14.1. The van der Waals surface area contributed by atoms with Crippen molar-refractivity contribution in [3.8, 4) is 5.75 Å². The number of carbonyl (C=O) groups excluding carboxylic acids is 2. The normalized spacial score (nSPS) is 21.4. The molecular weight excluding hydrogens is 282 g/mol. The van der Waals surface area contributed by atoms with Crippen molar-refractivity contribution in [1.82, 2.24) is 0 Å². The summed E-state index contributed by atoms with van der Waals surface area (Å²) in [6.07, 6.45) is 0.795. The number of hydrogen-bond acceptors (Lipinski definition) is 4. The molecule has 1 aromatic carbocycles. The van der Waals surface area contributed by atoms with Gasteiger partial charge in [-0.3, -0.25) is 4.79 Å². The number of benzene rings is 1. The second-order valence-electron chi connectivity index (χ2n) is 5.69. The van der Waals surface area contributed by atoms with Crippen LogP contribution in [0.3, 0.4) is 0 Å². The van der Waals surface area contributed by atoms with E-state index in [1.807, 2.05) is 13.8 Å². The lowest BCUT2D eigenvalue weighted by molar-refractivity contribution is -0.313. The van der Waals surface area contributed by atoms with Crippen molar-refractivity contribution in [3.63, 3.8) is 0 Å². The SMILES string of the molecule is COc1ccccc1NC(=O)[C@@H]1CC(C)=C(C)C[C@@H]1C(=O)[O-]. The summed E-state index contributed by atoms with van der Waals surface area (Å²) in [5.74, 6) is -2.37. The van der Waals surface area contributed by atoms with Crippen LogP contribution in [0.1, 0.15) is 26.7 Å². The van der Waals surface area contributed by atoms with Gasteiger partial charge in [-0.25, -0.2) is 0 Å². The first-order valence-corrected chi connectivity index (χ1v) is 7.24. The lowest BCUT2D eigenvalue weighted by Gasteiger charge is -2.32. The summed E-state index contributed by atoms with van der Waals surface area (Å²) in [4.78, 5) is 23.9. The predicted octanol–water partition coefficient (Wildman–Crippen LogP) is 1.75. The molecule has 1 N–H and O–H groups in total. The number of carbonyl (C=O) groups is 2. The van der Waals surface area contributed by atoms with Crippen molar-refractivity contribution in [2.24, 2.45) is 11.8 Å². The highest BCUT2D eigenvalue weighted by atomic mass is 16.5. The lowest BCUT2D eigenvalue weighted by atomic mass is 9.76. The van der Waals surface area contributed by atoms with Crippen LogP contribution < -0.4 is 15.2 Å². The number of nitrogens with one attached hydrogen (secondary N) is 1. The van der Waals surface area contributed by atoms with E-state index < -0.39 is 17.8 Å². The Morgan fingerprint density at radius 2 is 1.73 bits per heavy atom. The number of anilines is 1. The fourth-order valence-electron chi connectivity index (χ4n) is 2.79. The quantitative estimate of drug-likeness (QED) is 0.859. The van der Waals surface area contributed by atoms with E-state index in [1.165, 1.54) is 7.11 Å². The Balaban J connectivity index is 2.22. The first kappa shape index (κ1) is 16.1. The Hall–Kier alpha value is -2.30. The Morgan fingerprint density at radius 3 is 2.32 bits per heavy atom. The van der Waals surface area contributed by atoms with Crippen molar-refractivity contribution >= 4 is 17.6 Å². The molecule has 2 rings (SSSR count). The highest BCUT2D eigenvalue weighted by Crippen LogP contribution is 2.35. The van der Waals surface area contributed by atoms with E-state index in [2.05, 4.69) is 5.32 Å². The van der Waals surface area contributed by atoms with Crippen LogP contribution in [0.5, 0.6) is 5.75 Å². The van der Waals surface area contributed by atoms with Crippen LogP contribution in [0.15, 0.2) is 35.4 Å². The monoisotopic (exact) mass is 302 g/mol. The van der Waals surface area contributed by atoms with E-state index in [1.54, 1.807) is 24.3 Å². The van der Waals surface area contributed by atoms with Gasteiger partial charge in [0.25, 0.3) is 0 Å². The zero-order chi connectivity index (χ0) is 16.3. The van der Waals surface area contributed by atoms with Crippen molar-refractivity contribution in [1.29, 1.82) is 0 Å². The molecule has 118 valence electrons. The summed E-state index contributed by atoms with van der Waals surface area (Å²) in [6, 6.07) is 7.05. The van der Waals surface area contributed by atoms with E-state index in [0.29, 0.717) is 24.3 Å². The molecule has 22 heavy (non-hydrogen) atoms. The van der Waals surface area contributed by atoms with E-state index in [0.717, 1.165) is 11.1 Å². The Bertz CT molecular complexity index is 621. The highest BCUT2D eigenvalue weighted by molar-refractivity contribution is 5.96. The van der Waals surface area contributed by atoms with E-state index in [-0.39, 0.29) is 5.91 Å². The van der Waals surface area contributed by atoms with Crippen LogP contribution in [0.2, 0.25) is 0 Å². The molecule has 0 heterocycles. The van der Waals surface area contributed by atoms with Crippen LogP contribution in [0, 0.1) is 11.8 Å². The summed E-state index contributed by atoms with van der Waals surface area (Å²) in [7, 11) is 1.52. The maximum Gasteiger partial charge on any atom is 0.228 e. The Morgan fingerprint density at radius 1 is 1.14 bits per heavy atom. The Labute approximate surface area is 130 Å². The standard InChI is InChI=1S/C17H21NO4/c1-10-8-12(13(17(20)21)9-11(10)2)16(19)18-14-6-4-5-7-15(14)22-3/h4-7,12-13H,8-9H2,1-3H3,(H,18,19)(H,20,21)/p-1/t12-,13+/m1/s1. The molecule has 0 bridgehead atoms. The van der Waals surface area contributed by atoms with Crippen LogP contribution >= 0.6 is 0 Å². The van der Waals surface area contributed by atoms with Gasteiger partial charge < -0.3 is 20.0 Å². The number of para-hydroxylation sites is 2. The third-order valence-corrected chi connectivity index (χ3v) is 4.27. The summed E-state index contributed by atoms with van der Waals surface area (Å²) in [6.45, 7) is 3.84. The summed E-state index contributed by atoms with van der Waals surface area (Å²) >= 11 is 0. The number of carboxylic acid groups (broad SMARTS) is 1. The zero-order valence-corrected chi connectivity index (χ0v) is 13.0. The molecule has 0 aromatic heterocycles. The second kappa shape index (κ2) is 6.64. The van der Waals surface area contributed by atoms with Crippen molar-refractivity contribution in [2.45, 2.75) is 26.7 Å². The number of hydrogen-bond donors (Lipinski definition) is 1. The van der Waals surface area contributed by atoms with Gasteiger partial charge in [0.1, 0.15) is 5.75 Å². The molecule has 1 aliphatic rings. The van der Waals surface area contributed by atoms with Gasteiger partial charge in [-0.2, -0.15) is 0 Å². The molecular formula is C17H20NO4-. The molecule has 0 spiro atoms. The largest absolute Gasteiger partial charge is 0.550 e. The van der Waals surface area contributed by atoms with Crippen LogP contribution in [0.4, 0.5) is 5.69 Å². The molecule has 1 aliphatic carbocycles. The molecule has 1 aromatic rings. The molecule has 0 unspecified atom stereocenters. The first-order chi connectivity index (χ1) is 10.4. The van der Waals surface area contributed by atoms with Crippen molar-refractivity contribution in [2.75, 3.05) is 12.4 Å². The highest BCUT2D eigenvalue weighted by Gasteiger charge is 2.33. The number of rotatable bonds is 4. The Kier molecular flexibility index (Phi) is 4.85. The van der Waals surface area contributed by atoms with Gasteiger partial charge in [-0.15, -0.1) is 0 Å². The summed E-state index contributed by atoms with van der Waals surface area (Å²) < 4.78 is 5.19. The number of allylic oxidation sites excluding steroid dienone is 2. The first-order valence-electron chi connectivity index (χ1n) is 7.24. The molecule has 0 radical (unpaired) electrons. The molecule has 5 nitrogen and oxygen atoms in total. The van der Waals surface area contributed by atoms with E-state index >= 15 is 0 Å². The molecule has 5 heteroatoms. The van der Waals surface area contributed by atoms with Gasteiger partial charge in [-0.1, -0.05) is 23.3 Å². The maximum atomic E-state index is 12.5. The second-order valence-corrected chi connectivity index (χ2v) is 5.69. The van der Waals surface area contributed by atoms with Crippen LogP contribution in [-0.2, 0) is 9.59 Å². The minimum atomic E-state index is -1.17. The molecule has 0 aliphatic heterocycles. The molecule has 0 saturated carbocycles. The smallest absolute Gasteiger partial charge is 0.228 e. The summed E-state index contributed by atoms with van der Waals surface area (Å²) in [5.41, 5.74) is 2.63. The average molecular weight is 302 g/mol. The number of amides is 1. The predicted molar refractivity (Wildman–Crippen MR) is 81.2 cm³/mol. The number of carboxylic acids is 1. The minimum Gasteiger partial charge on any atom is -0.550 e. The third kappa shape index (κ3) is 3.30. The van der Waals surface area contributed by atoms with Gasteiger partial charge in [0.15, 0.2) is 0 Å². The van der Waals surface area contributed by atoms with Crippen LogP contribution in [-0.4, -0.2) is 19.0 Å². The van der Waals surface area contributed by atoms with E-state index in [9.17, 15) is 14.7 Å². The average Bonchev–Trinajstić information content (AvgIpc) is 2.49. The lowest BCUT2D eigenvalue weighted by Crippen LogP contribution is -2.42. The van der Waals surface area contributed by atoms with Gasteiger partial charge in [-0.05, 0) is 38.8 Å². The molecule has 2 atom stereocenters. The van der Waals surface area contributed by atoms with Crippen molar-refractivity contribution in [3.05, 3.63) is 35.4 Å². The third-order valence-electron chi connectivity index (χ3n) is 4.27. The van der Waals surface area contributed by atoms with Crippen molar-refractivity contribution < 1.29 is 19.4 Å². The fourth-order valence-corrected chi connectivity index (χ4v) is 2.79. The number of ether oxygens (including phenoxy) is 1. The zero-order valence-electron chi connectivity index (χ0n) is 13.0. The van der Waals surface area contributed by atoms with Gasteiger partial charge in [0, 0.05) is 11.9 Å². The van der Waals surface area contributed by atoms with Crippen LogP contribution in [0.25, 0.3) is 0 Å². The maximum absolute atomic E-state index is 12.5.